The highest BCUT2D eigenvalue weighted by atomic mass is 16.5. The third kappa shape index (κ3) is 2.37. The van der Waals surface area contributed by atoms with Crippen LogP contribution in [-0.4, -0.2) is 31.3 Å². The number of benzene rings is 1. The molecule has 6 nitrogen and oxygen atoms in total. The van der Waals surface area contributed by atoms with Gasteiger partial charge in [-0.2, -0.15) is 0 Å². The van der Waals surface area contributed by atoms with Gasteiger partial charge in [0, 0.05) is 24.0 Å². The summed E-state index contributed by atoms with van der Waals surface area (Å²) in [6.07, 6.45) is 3.11. The quantitative estimate of drug-likeness (QED) is 0.903. The largest absolute Gasteiger partial charge is 0.496 e. The second kappa shape index (κ2) is 5.43. The molecule has 0 unspecified atom stereocenters. The third-order valence-corrected chi connectivity index (χ3v) is 2.69. The Morgan fingerprint density at radius 3 is 2.00 bits per heavy atom. The van der Waals surface area contributed by atoms with Gasteiger partial charge in [-0.05, 0) is 6.07 Å². The van der Waals surface area contributed by atoms with Gasteiger partial charge in [0.1, 0.15) is 17.3 Å². The van der Waals surface area contributed by atoms with Gasteiger partial charge in [-0.25, -0.2) is 4.98 Å². The SMILES string of the molecule is COc1cc(OC)c(-c2nccnc2N)cc1OC. The predicted molar refractivity (Wildman–Crippen MR) is 71.5 cm³/mol. The summed E-state index contributed by atoms with van der Waals surface area (Å²) in [7, 11) is 4.69. The highest BCUT2D eigenvalue weighted by Crippen LogP contribution is 2.40. The molecule has 0 aliphatic carbocycles. The van der Waals surface area contributed by atoms with E-state index in [2.05, 4.69) is 9.97 Å². The molecule has 0 saturated heterocycles. The molecule has 0 aliphatic rings. The van der Waals surface area contributed by atoms with Crippen molar-refractivity contribution in [3.05, 3.63) is 24.5 Å². The van der Waals surface area contributed by atoms with Crippen molar-refractivity contribution in [1.29, 1.82) is 0 Å². The molecule has 0 radical (unpaired) electrons. The van der Waals surface area contributed by atoms with Crippen molar-refractivity contribution in [2.75, 3.05) is 27.1 Å². The van der Waals surface area contributed by atoms with Crippen LogP contribution in [-0.2, 0) is 0 Å². The van der Waals surface area contributed by atoms with Crippen LogP contribution in [0.5, 0.6) is 17.2 Å². The standard InChI is InChI=1S/C13H15N3O3/c1-17-9-7-11(19-3)10(18-2)6-8(9)12-13(14)16-5-4-15-12/h4-7H,1-3H3,(H2,14,16). The molecule has 100 valence electrons. The highest BCUT2D eigenvalue weighted by molar-refractivity contribution is 5.77. The number of ether oxygens (including phenoxy) is 3. The van der Waals surface area contributed by atoms with Crippen LogP contribution in [0, 0.1) is 0 Å². The van der Waals surface area contributed by atoms with Gasteiger partial charge in [-0.3, -0.25) is 4.98 Å². The summed E-state index contributed by atoms with van der Waals surface area (Å²) < 4.78 is 15.8. The molecule has 1 aromatic heterocycles. The van der Waals surface area contributed by atoms with Crippen molar-refractivity contribution in [1.82, 2.24) is 9.97 Å². The van der Waals surface area contributed by atoms with Crippen molar-refractivity contribution in [2.45, 2.75) is 0 Å². The maximum atomic E-state index is 5.84. The Kier molecular flexibility index (Phi) is 3.70. The van der Waals surface area contributed by atoms with E-state index in [9.17, 15) is 0 Å². The molecule has 0 aliphatic heterocycles. The molecule has 0 fully saturated rings. The zero-order chi connectivity index (χ0) is 13.8. The lowest BCUT2D eigenvalue weighted by atomic mass is 10.1. The molecule has 2 N–H and O–H groups in total. The van der Waals surface area contributed by atoms with Gasteiger partial charge in [0.05, 0.1) is 21.3 Å². The number of nitrogens with zero attached hydrogens (tertiary/aromatic N) is 2. The first-order valence-corrected chi connectivity index (χ1v) is 5.58. The van der Waals surface area contributed by atoms with Crippen LogP contribution in [0.15, 0.2) is 24.5 Å². The highest BCUT2D eigenvalue weighted by Gasteiger charge is 2.16. The summed E-state index contributed by atoms with van der Waals surface area (Å²) in [5.74, 6) is 2.06. The van der Waals surface area contributed by atoms with Crippen LogP contribution >= 0.6 is 0 Å². The maximum Gasteiger partial charge on any atom is 0.164 e. The molecule has 0 spiro atoms. The average molecular weight is 261 g/mol. The lowest BCUT2D eigenvalue weighted by Crippen LogP contribution is -1.99. The molecule has 6 heteroatoms. The van der Waals surface area contributed by atoms with Crippen molar-refractivity contribution in [3.8, 4) is 28.5 Å². The smallest absolute Gasteiger partial charge is 0.164 e. The van der Waals surface area contributed by atoms with Crippen molar-refractivity contribution >= 4 is 5.82 Å². The first-order valence-electron chi connectivity index (χ1n) is 5.58. The molecule has 0 amide bonds. The van der Waals surface area contributed by atoms with Gasteiger partial charge in [0.2, 0.25) is 0 Å². The number of hydrogen-bond donors (Lipinski definition) is 1. The van der Waals surface area contributed by atoms with E-state index in [-0.39, 0.29) is 0 Å². The molecule has 2 aromatic rings. The van der Waals surface area contributed by atoms with Crippen molar-refractivity contribution in [2.24, 2.45) is 0 Å². The number of rotatable bonds is 4. The van der Waals surface area contributed by atoms with Crippen LogP contribution in [0.4, 0.5) is 5.82 Å². The first kappa shape index (κ1) is 12.9. The number of nitrogens with two attached hydrogens (primary N) is 1. The average Bonchev–Trinajstić information content (AvgIpc) is 2.46. The Labute approximate surface area is 111 Å². The van der Waals surface area contributed by atoms with E-state index in [1.54, 1.807) is 39.7 Å². The van der Waals surface area contributed by atoms with Crippen molar-refractivity contribution < 1.29 is 14.2 Å². The van der Waals surface area contributed by atoms with Crippen LogP contribution in [0.2, 0.25) is 0 Å². The number of hydrogen-bond acceptors (Lipinski definition) is 6. The number of aromatic nitrogens is 2. The molecule has 0 atom stereocenters. The number of methoxy groups -OCH3 is 3. The second-order valence-electron chi connectivity index (χ2n) is 3.70. The minimum absolute atomic E-state index is 0.327. The summed E-state index contributed by atoms with van der Waals surface area (Å²) in [5.41, 5.74) is 7.08. The van der Waals surface area contributed by atoms with E-state index < -0.39 is 0 Å². The van der Waals surface area contributed by atoms with Crippen LogP contribution in [0.25, 0.3) is 11.3 Å². The zero-order valence-corrected chi connectivity index (χ0v) is 11.0. The minimum atomic E-state index is 0.327. The molecule has 2 rings (SSSR count). The Balaban J connectivity index is 2.65. The zero-order valence-electron chi connectivity index (χ0n) is 11.0. The van der Waals surface area contributed by atoms with E-state index in [1.807, 2.05) is 0 Å². The second-order valence-corrected chi connectivity index (χ2v) is 3.70. The molecule has 1 aromatic carbocycles. The topological polar surface area (TPSA) is 79.5 Å². The summed E-state index contributed by atoms with van der Waals surface area (Å²) in [6.45, 7) is 0. The van der Waals surface area contributed by atoms with Gasteiger partial charge < -0.3 is 19.9 Å². The van der Waals surface area contributed by atoms with E-state index in [0.717, 1.165) is 0 Å². The van der Waals surface area contributed by atoms with Gasteiger partial charge in [-0.1, -0.05) is 0 Å². The number of anilines is 1. The fourth-order valence-electron chi connectivity index (χ4n) is 1.77. The summed E-state index contributed by atoms with van der Waals surface area (Å²) in [4.78, 5) is 8.24. The monoisotopic (exact) mass is 261 g/mol. The van der Waals surface area contributed by atoms with Crippen LogP contribution in [0.3, 0.4) is 0 Å². The summed E-state index contributed by atoms with van der Waals surface area (Å²) in [6, 6.07) is 3.49. The Morgan fingerprint density at radius 2 is 1.42 bits per heavy atom. The van der Waals surface area contributed by atoms with E-state index in [4.69, 9.17) is 19.9 Å². The van der Waals surface area contributed by atoms with Crippen molar-refractivity contribution in [3.63, 3.8) is 0 Å². The Morgan fingerprint density at radius 1 is 0.842 bits per heavy atom. The normalized spacial score (nSPS) is 10.1. The minimum Gasteiger partial charge on any atom is -0.496 e. The third-order valence-electron chi connectivity index (χ3n) is 2.69. The van der Waals surface area contributed by atoms with Crippen LogP contribution in [0.1, 0.15) is 0 Å². The van der Waals surface area contributed by atoms with Gasteiger partial charge >= 0.3 is 0 Å². The summed E-state index contributed by atoms with van der Waals surface area (Å²) in [5, 5.41) is 0. The molecule has 0 bridgehead atoms. The maximum absolute atomic E-state index is 5.84. The molecule has 0 saturated carbocycles. The Hall–Kier alpha value is -2.50. The fraction of sp³-hybridized carbons (Fsp3) is 0.231. The van der Waals surface area contributed by atoms with Crippen LogP contribution < -0.4 is 19.9 Å². The molecule has 1 heterocycles. The van der Waals surface area contributed by atoms with Gasteiger partial charge in [0.25, 0.3) is 0 Å². The van der Waals surface area contributed by atoms with Gasteiger partial charge in [0.15, 0.2) is 11.5 Å². The molecular weight excluding hydrogens is 246 g/mol. The van der Waals surface area contributed by atoms with E-state index in [0.29, 0.717) is 34.3 Å². The number of nitrogen functional groups attached to an aromatic ring is 1. The van der Waals surface area contributed by atoms with E-state index >= 15 is 0 Å². The van der Waals surface area contributed by atoms with E-state index in [1.165, 1.54) is 6.20 Å². The molecule has 19 heavy (non-hydrogen) atoms. The van der Waals surface area contributed by atoms with Gasteiger partial charge in [-0.15, -0.1) is 0 Å². The lowest BCUT2D eigenvalue weighted by molar-refractivity contribution is 0.349. The lowest BCUT2D eigenvalue weighted by Gasteiger charge is -2.14. The Bertz CT molecular complexity index is 587. The summed E-state index contributed by atoms with van der Waals surface area (Å²) >= 11 is 0. The first-order chi connectivity index (χ1) is 9.21. The molecular formula is C13H15N3O3. The fourth-order valence-corrected chi connectivity index (χ4v) is 1.77. The predicted octanol–water partition coefficient (Wildman–Crippen LogP) is 1.75.